The van der Waals surface area contributed by atoms with Gasteiger partial charge in [0.1, 0.15) is 0 Å². The molecule has 1 aliphatic carbocycles. The smallest absolute Gasteiger partial charge is 0.00310 e. The minimum absolute atomic E-state index is 0.936. The largest absolute Gasteiger partial charge is 0.316 e. The van der Waals surface area contributed by atoms with Crippen LogP contribution in [-0.4, -0.2) is 38.1 Å². The average Bonchev–Trinajstić information content (AvgIpc) is 2.49. The van der Waals surface area contributed by atoms with E-state index in [0.29, 0.717) is 0 Å². The highest BCUT2D eigenvalue weighted by molar-refractivity contribution is 4.78. The van der Waals surface area contributed by atoms with Gasteiger partial charge in [-0.05, 0) is 31.7 Å². The Morgan fingerprint density at radius 3 is 2.23 bits per heavy atom. The molecule has 2 nitrogen and oxygen atoms in total. The van der Waals surface area contributed by atoms with Crippen LogP contribution in [0.25, 0.3) is 0 Å². The van der Waals surface area contributed by atoms with Gasteiger partial charge in [0.2, 0.25) is 0 Å². The van der Waals surface area contributed by atoms with E-state index in [-0.39, 0.29) is 0 Å². The summed E-state index contributed by atoms with van der Waals surface area (Å²) >= 11 is 0. The first-order valence-corrected chi connectivity index (χ1v) is 5.74. The predicted octanol–water partition coefficient (Wildman–Crippen LogP) is 1.33. The first-order valence-electron chi connectivity index (χ1n) is 5.74. The van der Waals surface area contributed by atoms with Gasteiger partial charge >= 0.3 is 0 Å². The molecule has 1 heterocycles. The molecule has 1 N–H and O–H groups in total. The van der Waals surface area contributed by atoms with Gasteiger partial charge in [0, 0.05) is 26.2 Å². The summed E-state index contributed by atoms with van der Waals surface area (Å²) in [7, 11) is 2.29. The Morgan fingerprint density at radius 2 is 1.69 bits per heavy atom. The molecular weight excluding hydrogens is 160 g/mol. The highest BCUT2D eigenvalue weighted by Crippen LogP contribution is 2.25. The summed E-state index contributed by atoms with van der Waals surface area (Å²) in [6, 6.07) is 0. The second-order valence-corrected chi connectivity index (χ2v) is 4.90. The fourth-order valence-electron chi connectivity index (χ4n) is 2.63. The molecule has 1 saturated carbocycles. The molecule has 1 aliphatic heterocycles. The number of rotatable bonds is 4. The fourth-order valence-corrected chi connectivity index (χ4v) is 2.63. The van der Waals surface area contributed by atoms with E-state index in [4.69, 9.17) is 0 Å². The molecule has 1 saturated heterocycles. The van der Waals surface area contributed by atoms with Gasteiger partial charge in [0.25, 0.3) is 0 Å². The molecular formula is C11H22N2. The number of nitrogens with zero attached hydrogens (tertiary/aromatic N) is 1. The van der Waals surface area contributed by atoms with E-state index in [1.807, 2.05) is 0 Å². The lowest BCUT2D eigenvalue weighted by Crippen LogP contribution is -2.48. The Balaban J connectivity index is 1.61. The summed E-state index contributed by atoms with van der Waals surface area (Å²) in [5.41, 5.74) is 0. The van der Waals surface area contributed by atoms with Crippen LogP contribution < -0.4 is 5.32 Å². The number of nitrogens with one attached hydrogen (secondary N) is 1. The zero-order valence-electron chi connectivity index (χ0n) is 8.76. The molecule has 13 heavy (non-hydrogen) atoms. The Hall–Kier alpha value is -0.0800. The Labute approximate surface area is 81.7 Å². The standard InChI is InChI=1S/C11H22N2/c1-13(9-11-6-12-7-11)8-10-4-2-3-5-10/h10-12H,2-9H2,1H3. The topological polar surface area (TPSA) is 15.3 Å². The first kappa shape index (κ1) is 9.47. The molecule has 0 amide bonds. The second kappa shape index (κ2) is 4.43. The molecule has 0 unspecified atom stereocenters. The van der Waals surface area contributed by atoms with Crippen LogP contribution in [0, 0.1) is 11.8 Å². The van der Waals surface area contributed by atoms with Gasteiger partial charge in [-0.25, -0.2) is 0 Å². The molecule has 0 atom stereocenters. The summed E-state index contributed by atoms with van der Waals surface area (Å²) in [4.78, 5) is 2.54. The molecule has 0 bridgehead atoms. The minimum atomic E-state index is 0.936. The molecule has 0 aromatic rings. The quantitative estimate of drug-likeness (QED) is 0.705. The Morgan fingerprint density at radius 1 is 1.08 bits per heavy atom. The predicted molar refractivity (Wildman–Crippen MR) is 55.8 cm³/mol. The van der Waals surface area contributed by atoms with Crippen molar-refractivity contribution in [3.63, 3.8) is 0 Å². The van der Waals surface area contributed by atoms with Crippen molar-refractivity contribution in [3.05, 3.63) is 0 Å². The third kappa shape index (κ3) is 2.68. The lowest BCUT2D eigenvalue weighted by molar-refractivity contribution is 0.201. The van der Waals surface area contributed by atoms with Crippen LogP contribution in [0.3, 0.4) is 0 Å². The van der Waals surface area contributed by atoms with E-state index >= 15 is 0 Å². The summed E-state index contributed by atoms with van der Waals surface area (Å²) < 4.78 is 0. The third-order valence-electron chi connectivity index (χ3n) is 3.48. The normalized spacial score (nSPS) is 25.4. The zero-order valence-corrected chi connectivity index (χ0v) is 8.76. The SMILES string of the molecule is CN(CC1CCCC1)CC1CNC1. The van der Waals surface area contributed by atoms with E-state index < -0.39 is 0 Å². The molecule has 0 aromatic carbocycles. The monoisotopic (exact) mass is 182 g/mol. The molecule has 2 rings (SSSR count). The molecule has 2 fully saturated rings. The molecule has 76 valence electrons. The van der Waals surface area contributed by atoms with Crippen LogP contribution in [-0.2, 0) is 0 Å². The highest BCUT2D eigenvalue weighted by atomic mass is 15.1. The van der Waals surface area contributed by atoms with Crippen LogP contribution >= 0.6 is 0 Å². The molecule has 0 aromatic heterocycles. The van der Waals surface area contributed by atoms with E-state index in [1.54, 1.807) is 0 Å². The van der Waals surface area contributed by atoms with E-state index in [1.165, 1.54) is 51.9 Å². The van der Waals surface area contributed by atoms with Crippen molar-refractivity contribution in [3.8, 4) is 0 Å². The average molecular weight is 182 g/mol. The van der Waals surface area contributed by atoms with Crippen molar-refractivity contribution >= 4 is 0 Å². The van der Waals surface area contributed by atoms with Crippen molar-refractivity contribution in [1.29, 1.82) is 0 Å². The summed E-state index contributed by atoms with van der Waals surface area (Å²) in [5.74, 6) is 1.95. The molecule has 0 radical (unpaired) electrons. The van der Waals surface area contributed by atoms with Crippen LogP contribution in [0.5, 0.6) is 0 Å². The summed E-state index contributed by atoms with van der Waals surface area (Å²) in [6.45, 7) is 5.14. The zero-order chi connectivity index (χ0) is 9.10. The first-order chi connectivity index (χ1) is 6.34. The Kier molecular flexibility index (Phi) is 3.23. The van der Waals surface area contributed by atoms with E-state index in [0.717, 1.165) is 11.8 Å². The summed E-state index contributed by atoms with van der Waals surface area (Å²) in [5, 5.41) is 3.33. The van der Waals surface area contributed by atoms with Gasteiger partial charge < -0.3 is 10.2 Å². The van der Waals surface area contributed by atoms with Gasteiger partial charge in [0.05, 0.1) is 0 Å². The Bertz CT molecular complexity index is 148. The van der Waals surface area contributed by atoms with Gasteiger partial charge in [-0.15, -0.1) is 0 Å². The van der Waals surface area contributed by atoms with E-state index in [2.05, 4.69) is 17.3 Å². The maximum atomic E-state index is 3.33. The highest BCUT2D eigenvalue weighted by Gasteiger charge is 2.21. The molecule has 2 heteroatoms. The second-order valence-electron chi connectivity index (χ2n) is 4.90. The van der Waals surface area contributed by atoms with Crippen molar-refractivity contribution < 1.29 is 0 Å². The van der Waals surface area contributed by atoms with Crippen molar-refractivity contribution in [2.24, 2.45) is 11.8 Å². The fraction of sp³-hybridized carbons (Fsp3) is 1.00. The van der Waals surface area contributed by atoms with Gasteiger partial charge in [0.15, 0.2) is 0 Å². The van der Waals surface area contributed by atoms with E-state index in [9.17, 15) is 0 Å². The molecule has 0 spiro atoms. The van der Waals surface area contributed by atoms with Crippen molar-refractivity contribution in [1.82, 2.24) is 10.2 Å². The van der Waals surface area contributed by atoms with Crippen LogP contribution in [0.1, 0.15) is 25.7 Å². The van der Waals surface area contributed by atoms with Gasteiger partial charge in [-0.1, -0.05) is 12.8 Å². The number of hydrogen-bond acceptors (Lipinski definition) is 2. The molecule has 2 aliphatic rings. The van der Waals surface area contributed by atoms with Crippen LogP contribution in [0.4, 0.5) is 0 Å². The van der Waals surface area contributed by atoms with Gasteiger partial charge in [-0.2, -0.15) is 0 Å². The summed E-state index contributed by atoms with van der Waals surface area (Å²) in [6.07, 6.45) is 5.91. The third-order valence-corrected chi connectivity index (χ3v) is 3.48. The maximum absolute atomic E-state index is 3.33. The van der Waals surface area contributed by atoms with Crippen molar-refractivity contribution in [2.75, 3.05) is 33.2 Å². The lowest BCUT2D eigenvalue weighted by Gasteiger charge is -2.32. The van der Waals surface area contributed by atoms with Crippen LogP contribution in [0.2, 0.25) is 0 Å². The van der Waals surface area contributed by atoms with Crippen molar-refractivity contribution in [2.45, 2.75) is 25.7 Å². The van der Waals surface area contributed by atoms with Crippen LogP contribution in [0.15, 0.2) is 0 Å². The maximum Gasteiger partial charge on any atom is 0.00310 e. The lowest BCUT2D eigenvalue weighted by atomic mass is 10.0. The van der Waals surface area contributed by atoms with Gasteiger partial charge in [-0.3, -0.25) is 0 Å². The minimum Gasteiger partial charge on any atom is -0.316 e. The number of hydrogen-bond donors (Lipinski definition) is 1.